The van der Waals surface area contributed by atoms with Crippen LogP contribution in [0.15, 0.2) is 23.0 Å². The van der Waals surface area contributed by atoms with Crippen molar-refractivity contribution in [2.45, 2.75) is 13.3 Å². The predicted octanol–water partition coefficient (Wildman–Crippen LogP) is -0.491. The fraction of sp³-hybridized carbons (Fsp3) is 0.231. The summed E-state index contributed by atoms with van der Waals surface area (Å²) in [7, 11) is 1.88. The number of hydrogen-bond donors (Lipinski definition) is 3. The molecule has 98 valence electrons. The summed E-state index contributed by atoms with van der Waals surface area (Å²) in [6.45, 7) is 2.46. The Labute approximate surface area is 111 Å². The number of carbonyl (C=O) groups excluding carboxylic acids is 1. The fourth-order valence-corrected chi connectivity index (χ4v) is 2.04. The number of nitrogens with one attached hydrogen (secondary N) is 2. The van der Waals surface area contributed by atoms with Gasteiger partial charge >= 0.3 is 0 Å². The number of rotatable bonds is 3. The number of hydrogen-bond acceptors (Lipinski definition) is 3. The van der Waals surface area contributed by atoms with Crippen LogP contribution in [-0.2, 0) is 0 Å². The molecule has 0 saturated carbocycles. The number of fused-ring (bicyclic) bond motifs is 1. The number of benzene rings is 1. The van der Waals surface area contributed by atoms with E-state index in [0.717, 1.165) is 11.9 Å². The highest BCUT2D eigenvalue weighted by Crippen LogP contribution is 2.18. The highest BCUT2D eigenvalue weighted by Gasteiger charge is 2.17. The van der Waals surface area contributed by atoms with Gasteiger partial charge in [-0.25, -0.2) is 0 Å². The highest BCUT2D eigenvalue weighted by atomic mass is 16.2. The molecule has 2 rings (SSSR count). The summed E-state index contributed by atoms with van der Waals surface area (Å²) in [5.74, 6) is -0.427. The Hall–Kier alpha value is -2.24. The Kier molecular flexibility index (Phi) is 3.60. The zero-order valence-corrected chi connectivity index (χ0v) is 11.0. The summed E-state index contributed by atoms with van der Waals surface area (Å²) in [6, 6.07) is 5.53. The van der Waals surface area contributed by atoms with Crippen LogP contribution in [0, 0.1) is 0 Å². The predicted molar refractivity (Wildman–Crippen MR) is 79.8 cm³/mol. The third kappa shape index (κ3) is 2.34. The van der Waals surface area contributed by atoms with Crippen molar-refractivity contribution < 1.29 is 4.79 Å². The summed E-state index contributed by atoms with van der Waals surface area (Å²) in [5, 5.41) is 3.37. The molecular formula is C13H16BN3O2. The molecule has 0 aliphatic rings. The number of anilines is 1. The van der Waals surface area contributed by atoms with Crippen LogP contribution in [0.3, 0.4) is 0 Å². The molecule has 2 aromatic rings. The number of amides is 1. The van der Waals surface area contributed by atoms with Crippen molar-refractivity contribution in [3.05, 3.63) is 34.1 Å². The van der Waals surface area contributed by atoms with Gasteiger partial charge in [-0.15, -0.1) is 0 Å². The molecule has 0 aliphatic heterocycles. The monoisotopic (exact) mass is 257 g/mol. The van der Waals surface area contributed by atoms with E-state index in [9.17, 15) is 9.59 Å². The van der Waals surface area contributed by atoms with Gasteiger partial charge in [0, 0.05) is 17.4 Å². The van der Waals surface area contributed by atoms with Crippen LogP contribution in [0.5, 0.6) is 0 Å². The van der Waals surface area contributed by atoms with Crippen molar-refractivity contribution in [2.75, 3.05) is 12.3 Å². The quantitative estimate of drug-likeness (QED) is 0.648. The van der Waals surface area contributed by atoms with E-state index >= 15 is 0 Å². The first-order chi connectivity index (χ1) is 9.06. The van der Waals surface area contributed by atoms with E-state index in [1.54, 1.807) is 6.07 Å². The lowest BCUT2D eigenvalue weighted by Gasteiger charge is -2.10. The maximum atomic E-state index is 12.0. The molecule has 1 amide bonds. The number of nitrogens with two attached hydrogens (primary N) is 1. The van der Waals surface area contributed by atoms with E-state index < -0.39 is 11.5 Å². The standard InChI is InChI=1S/C13H16BN3O2/c1-2-6-16-12(18)9-10(15)7-4-3-5-8(14)11(7)17-13(9)19/h3-5H,2,6,14H2,1H3,(H,16,18)(H3,15,17,19). The molecule has 0 saturated heterocycles. The van der Waals surface area contributed by atoms with Crippen LogP contribution in [0.25, 0.3) is 10.9 Å². The average molecular weight is 257 g/mol. The van der Waals surface area contributed by atoms with Gasteiger partial charge in [-0.05, 0) is 6.42 Å². The summed E-state index contributed by atoms with van der Waals surface area (Å²) in [6.07, 6.45) is 0.802. The number of carbonyl (C=O) groups is 1. The number of nitrogen functional groups attached to an aromatic ring is 1. The number of pyridine rings is 1. The van der Waals surface area contributed by atoms with Gasteiger partial charge in [0.1, 0.15) is 13.4 Å². The van der Waals surface area contributed by atoms with Crippen LogP contribution in [0.4, 0.5) is 5.69 Å². The second-order valence-electron chi connectivity index (χ2n) is 4.50. The molecule has 0 atom stereocenters. The van der Waals surface area contributed by atoms with Crippen LogP contribution in [-0.4, -0.2) is 25.3 Å². The number of para-hydroxylation sites is 1. The van der Waals surface area contributed by atoms with E-state index in [0.29, 0.717) is 17.4 Å². The molecule has 0 unspecified atom stereocenters. The van der Waals surface area contributed by atoms with Crippen molar-refractivity contribution >= 4 is 35.8 Å². The maximum Gasteiger partial charge on any atom is 0.263 e. The SMILES string of the molecule is Bc1cccc2c(N)c(C(=O)NCCC)c(=O)[nH]c12. The molecule has 0 fully saturated rings. The normalized spacial score (nSPS) is 10.6. The van der Waals surface area contributed by atoms with Gasteiger partial charge in [0.05, 0.1) is 5.69 Å². The summed E-state index contributed by atoms with van der Waals surface area (Å²) in [4.78, 5) is 26.7. The molecule has 0 bridgehead atoms. The van der Waals surface area contributed by atoms with Crippen LogP contribution >= 0.6 is 0 Å². The molecule has 5 nitrogen and oxygen atoms in total. The minimum absolute atomic E-state index is 0.00782. The lowest BCUT2D eigenvalue weighted by atomic mass is 9.92. The topological polar surface area (TPSA) is 88.0 Å². The maximum absolute atomic E-state index is 12.0. The lowest BCUT2D eigenvalue weighted by Crippen LogP contribution is -2.32. The molecule has 6 heteroatoms. The Morgan fingerprint density at radius 3 is 2.89 bits per heavy atom. The number of H-pyrrole nitrogens is 1. The molecule has 0 radical (unpaired) electrons. The van der Waals surface area contributed by atoms with Gasteiger partial charge < -0.3 is 16.0 Å². The van der Waals surface area contributed by atoms with E-state index in [4.69, 9.17) is 5.73 Å². The largest absolute Gasteiger partial charge is 0.397 e. The summed E-state index contributed by atoms with van der Waals surface area (Å²) < 4.78 is 0. The second-order valence-corrected chi connectivity index (χ2v) is 4.50. The highest BCUT2D eigenvalue weighted by molar-refractivity contribution is 6.38. The third-order valence-electron chi connectivity index (χ3n) is 3.06. The zero-order valence-electron chi connectivity index (χ0n) is 11.0. The number of aromatic nitrogens is 1. The first-order valence-corrected chi connectivity index (χ1v) is 6.25. The van der Waals surface area contributed by atoms with Crippen molar-refractivity contribution in [1.82, 2.24) is 10.3 Å². The van der Waals surface area contributed by atoms with E-state index in [1.165, 1.54) is 0 Å². The van der Waals surface area contributed by atoms with Gasteiger partial charge in [-0.3, -0.25) is 9.59 Å². The fourth-order valence-electron chi connectivity index (χ4n) is 2.04. The molecular weight excluding hydrogens is 241 g/mol. The van der Waals surface area contributed by atoms with Crippen LogP contribution < -0.4 is 22.1 Å². The van der Waals surface area contributed by atoms with Gasteiger partial charge in [0.25, 0.3) is 11.5 Å². The molecule has 1 aromatic carbocycles. The Balaban J connectivity index is 2.63. The molecule has 1 heterocycles. The smallest absolute Gasteiger partial charge is 0.263 e. The molecule has 0 spiro atoms. The van der Waals surface area contributed by atoms with E-state index in [1.807, 2.05) is 26.9 Å². The molecule has 0 aliphatic carbocycles. The molecule has 1 aromatic heterocycles. The summed E-state index contributed by atoms with van der Waals surface area (Å²) in [5.41, 5.74) is 7.35. The van der Waals surface area contributed by atoms with E-state index in [-0.39, 0.29) is 11.3 Å². The van der Waals surface area contributed by atoms with Gasteiger partial charge in [-0.1, -0.05) is 30.6 Å². The Morgan fingerprint density at radius 1 is 1.47 bits per heavy atom. The van der Waals surface area contributed by atoms with Crippen molar-refractivity contribution in [2.24, 2.45) is 0 Å². The Morgan fingerprint density at radius 2 is 2.21 bits per heavy atom. The Bertz CT molecular complexity index is 694. The van der Waals surface area contributed by atoms with Gasteiger partial charge in [0.15, 0.2) is 0 Å². The number of aromatic amines is 1. The van der Waals surface area contributed by atoms with E-state index in [2.05, 4.69) is 10.3 Å². The van der Waals surface area contributed by atoms with Crippen LogP contribution in [0.2, 0.25) is 0 Å². The summed E-state index contributed by atoms with van der Waals surface area (Å²) >= 11 is 0. The van der Waals surface area contributed by atoms with Crippen LogP contribution in [0.1, 0.15) is 23.7 Å². The van der Waals surface area contributed by atoms with Crippen molar-refractivity contribution in [1.29, 1.82) is 0 Å². The molecule has 4 N–H and O–H groups in total. The zero-order chi connectivity index (χ0) is 14.0. The second kappa shape index (κ2) is 5.18. The van der Waals surface area contributed by atoms with Gasteiger partial charge in [-0.2, -0.15) is 0 Å². The van der Waals surface area contributed by atoms with Gasteiger partial charge in [0.2, 0.25) is 0 Å². The third-order valence-corrected chi connectivity index (χ3v) is 3.06. The lowest BCUT2D eigenvalue weighted by molar-refractivity contribution is 0.0953. The molecule has 19 heavy (non-hydrogen) atoms. The average Bonchev–Trinajstić information content (AvgIpc) is 2.38. The minimum atomic E-state index is -0.451. The first kappa shape index (κ1) is 13.2. The minimum Gasteiger partial charge on any atom is -0.397 e. The first-order valence-electron chi connectivity index (χ1n) is 6.25. The van der Waals surface area contributed by atoms with Crippen molar-refractivity contribution in [3.63, 3.8) is 0 Å². The van der Waals surface area contributed by atoms with Crippen molar-refractivity contribution in [3.8, 4) is 0 Å².